The summed E-state index contributed by atoms with van der Waals surface area (Å²) in [6, 6.07) is 26.4. The molecule has 0 spiro atoms. The summed E-state index contributed by atoms with van der Waals surface area (Å²) < 4.78 is 35.8. The van der Waals surface area contributed by atoms with Crippen LogP contribution in [0.2, 0.25) is 0 Å². The van der Waals surface area contributed by atoms with E-state index in [0.29, 0.717) is 43.9 Å². The van der Waals surface area contributed by atoms with E-state index in [1.807, 2.05) is 83.9 Å². The molecule has 0 atom stereocenters. The van der Waals surface area contributed by atoms with Gasteiger partial charge in [-0.1, -0.05) is 48.5 Å². The molecule has 1 amide bonds. The van der Waals surface area contributed by atoms with Crippen molar-refractivity contribution in [2.24, 2.45) is 0 Å². The highest BCUT2D eigenvalue weighted by molar-refractivity contribution is 7.92. The third-order valence-corrected chi connectivity index (χ3v) is 10.2. The molecule has 0 N–H and O–H groups in total. The number of carbonyl (C=O) groups excluding carboxylic acids is 1. The minimum atomic E-state index is -3.92. The van der Waals surface area contributed by atoms with Gasteiger partial charge in [-0.25, -0.2) is 8.42 Å². The summed E-state index contributed by atoms with van der Waals surface area (Å²) in [4.78, 5) is 17.9. The number of furan rings is 1. The summed E-state index contributed by atoms with van der Waals surface area (Å²) in [5.41, 5.74) is 4.08. The molecule has 1 aliphatic rings. The number of carbonyl (C=O) groups is 1. The lowest BCUT2D eigenvalue weighted by Gasteiger charge is -2.38. The molecule has 3 heterocycles. The number of anilines is 2. The number of para-hydroxylation sites is 2. The fourth-order valence-corrected chi connectivity index (χ4v) is 7.51. The number of amides is 1. The molecule has 41 heavy (non-hydrogen) atoms. The number of fused-ring (bicyclic) bond motifs is 1. The van der Waals surface area contributed by atoms with Gasteiger partial charge in [-0.2, -0.15) is 0 Å². The quantitative estimate of drug-likeness (QED) is 0.217. The van der Waals surface area contributed by atoms with Gasteiger partial charge in [0.2, 0.25) is 0 Å². The Hall–Kier alpha value is -4.08. The number of aryl methyl sites for hydroxylation is 1. The van der Waals surface area contributed by atoms with Crippen molar-refractivity contribution in [1.29, 1.82) is 0 Å². The second kappa shape index (κ2) is 11.4. The molecule has 7 nitrogen and oxygen atoms in total. The third kappa shape index (κ3) is 5.47. The van der Waals surface area contributed by atoms with Gasteiger partial charge in [-0.3, -0.25) is 9.10 Å². The van der Waals surface area contributed by atoms with Gasteiger partial charge in [0, 0.05) is 38.1 Å². The third-order valence-electron chi connectivity index (χ3n) is 7.56. The van der Waals surface area contributed by atoms with Gasteiger partial charge < -0.3 is 14.2 Å². The molecule has 1 aliphatic heterocycles. The molecule has 0 saturated carbocycles. The zero-order valence-electron chi connectivity index (χ0n) is 22.8. The van der Waals surface area contributed by atoms with Crippen LogP contribution in [0.15, 0.2) is 106 Å². The number of benzene rings is 3. The zero-order chi connectivity index (χ0) is 28.4. The van der Waals surface area contributed by atoms with Crippen LogP contribution in [0.1, 0.15) is 20.8 Å². The Morgan fingerprint density at radius 3 is 2.44 bits per heavy atom. The molecule has 9 heteroatoms. The number of piperazine rings is 1. The van der Waals surface area contributed by atoms with E-state index in [2.05, 4.69) is 4.90 Å². The average Bonchev–Trinajstić information content (AvgIpc) is 3.68. The van der Waals surface area contributed by atoms with E-state index in [1.165, 1.54) is 15.6 Å². The average molecular weight is 586 g/mol. The molecule has 1 fully saturated rings. The Morgan fingerprint density at radius 1 is 0.927 bits per heavy atom. The van der Waals surface area contributed by atoms with Crippen molar-refractivity contribution in [1.82, 2.24) is 4.90 Å². The highest BCUT2D eigenvalue weighted by atomic mass is 32.2. The maximum Gasteiger partial charge on any atom is 0.264 e. The van der Waals surface area contributed by atoms with E-state index in [-0.39, 0.29) is 17.3 Å². The predicted octanol–water partition coefficient (Wildman–Crippen LogP) is 6.20. The van der Waals surface area contributed by atoms with Gasteiger partial charge in [-0.15, -0.1) is 11.3 Å². The number of thiophene rings is 1. The molecular weight excluding hydrogens is 555 g/mol. The summed E-state index contributed by atoms with van der Waals surface area (Å²) in [6.07, 6.45) is 2.21. The smallest absolute Gasteiger partial charge is 0.264 e. The predicted molar refractivity (Wildman–Crippen MR) is 165 cm³/mol. The van der Waals surface area contributed by atoms with Crippen molar-refractivity contribution >= 4 is 49.6 Å². The van der Waals surface area contributed by atoms with Crippen molar-refractivity contribution in [3.05, 3.63) is 113 Å². The van der Waals surface area contributed by atoms with Crippen LogP contribution in [-0.2, 0) is 16.4 Å². The zero-order valence-corrected chi connectivity index (χ0v) is 24.4. The fourth-order valence-electron chi connectivity index (χ4n) is 5.32. The molecule has 5 aromatic rings. The summed E-state index contributed by atoms with van der Waals surface area (Å²) in [5.74, 6) is 0.0462. The Morgan fingerprint density at radius 2 is 1.68 bits per heavy atom. The van der Waals surface area contributed by atoms with Crippen LogP contribution in [0.25, 0.3) is 11.0 Å². The molecule has 6 rings (SSSR count). The summed E-state index contributed by atoms with van der Waals surface area (Å²) in [7, 11) is -3.92. The van der Waals surface area contributed by atoms with E-state index < -0.39 is 10.0 Å². The van der Waals surface area contributed by atoms with Crippen LogP contribution < -0.4 is 9.21 Å². The molecule has 0 radical (unpaired) electrons. The molecule has 3 aromatic carbocycles. The number of rotatable bonds is 8. The first-order valence-corrected chi connectivity index (χ1v) is 15.9. The Balaban J connectivity index is 1.33. The van der Waals surface area contributed by atoms with Gasteiger partial charge >= 0.3 is 0 Å². The van der Waals surface area contributed by atoms with Crippen molar-refractivity contribution in [2.45, 2.75) is 18.2 Å². The first-order chi connectivity index (χ1) is 19.9. The Kier molecular flexibility index (Phi) is 7.55. The molecular formula is C32H31N3O4S2. The molecule has 0 bridgehead atoms. The van der Waals surface area contributed by atoms with E-state index in [1.54, 1.807) is 24.5 Å². The first-order valence-electron chi connectivity index (χ1n) is 13.6. The lowest BCUT2D eigenvalue weighted by molar-refractivity contribution is 0.0751. The molecule has 1 saturated heterocycles. The van der Waals surface area contributed by atoms with Crippen LogP contribution >= 0.6 is 11.3 Å². The number of hydrogen-bond donors (Lipinski definition) is 0. The summed E-state index contributed by atoms with van der Waals surface area (Å²) in [6.45, 7) is 4.55. The largest absolute Gasteiger partial charge is 0.464 e. The van der Waals surface area contributed by atoms with Crippen molar-refractivity contribution in [3.63, 3.8) is 0 Å². The minimum absolute atomic E-state index is 0.0462. The van der Waals surface area contributed by atoms with Crippen LogP contribution in [0.3, 0.4) is 0 Å². The molecule has 2 aromatic heterocycles. The normalized spacial score (nSPS) is 14.0. The summed E-state index contributed by atoms with van der Waals surface area (Å²) >= 11 is 1.45. The van der Waals surface area contributed by atoms with Gasteiger partial charge in [0.1, 0.15) is 5.58 Å². The van der Waals surface area contributed by atoms with E-state index >= 15 is 0 Å². The molecule has 0 unspecified atom stereocenters. The topological polar surface area (TPSA) is 74.1 Å². The Labute approximate surface area is 244 Å². The molecule has 0 aliphatic carbocycles. The van der Waals surface area contributed by atoms with Gasteiger partial charge in [0.25, 0.3) is 15.9 Å². The van der Waals surface area contributed by atoms with Crippen molar-refractivity contribution < 1.29 is 17.6 Å². The fraction of sp³-hybridized carbons (Fsp3) is 0.219. The highest BCUT2D eigenvalue weighted by Crippen LogP contribution is 2.35. The second-order valence-corrected chi connectivity index (χ2v) is 12.9. The van der Waals surface area contributed by atoms with Crippen LogP contribution in [0.4, 0.5) is 11.4 Å². The van der Waals surface area contributed by atoms with Gasteiger partial charge in [0.15, 0.2) is 0 Å². The first kappa shape index (κ1) is 27.1. The summed E-state index contributed by atoms with van der Waals surface area (Å²) in [5, 5.41) is 2.70. The number of nitrogens with zero attached hydrogens (tertiary/aromatic N) is 3. The monoisotopic (exact) mass is 585 g/mol. The van der Waals surface area contributed by atoms with Crippen LogP contribution in [-0.4, -0.2) is 51.9 Å². The lowest BCUT2D eigenvalue weighted by atomic mass is 10.1. The second-order valence-electron chi connectivity index (χ2n) is 10.1. The maximum absolute atomic E-state index is 14.4. The SMILES string of the molecule is Cc1coc2ccc(S(=O)(=O)N(CCc3ccccc3)c3ccccc3N3CCN(C(=O)c4cccs4)CC3)cc12. The number of hydrogen-bond acceptors (Lipinski definition) is 6. The lowest BCUT2D eigenvalue weighted by Crippen LogP contribution is -2.49. The number of sulfonamides is 1. The van der Waals surface area contributed by atoms with E-state index in [0.717, 1.165) is 27.1 Å². The highest BCUT2D eigenvalue weighted by Gasteiger charge is 2.30. The van der Waals surface area contributed by atoms with Crippen molar-refractivity contribution in [3.8, 4) is 0 Å². The minimum Gasteiger partial charge on any atom is -0.464 e. The van der Waals surface area contributed by atoms with E-state index in [4.69, 9.17) is 4.42 Å². The standard InChI is InChI=1S/C32H31N3O4S2/c1-24-23-39-30-14-13-26(22-27(24)30)41(37,38)35(16-15-25-8-3-2-4-9-25)29-11-6-5-10-28(29)33-17-19-34(20-18-33)32(36)31-12-7-21-40-31/h2-14,21-23H,15-20H2,1H3. The van der Waals surface area contributed by atoms with E-state index in [9.17, 15) is 13.2 Å². The molecule has 210 valence electrons. The van der Waals surface area contributed by atoms with Crippen molar-refractivity contribution in [2.75, 3.05) is 41.9 Å². The maximum atomic E-state index is 14.4. The van der Waals surface area contributed by atoms with Gasteiger partial charge in [-0.05, 0) is 66.2 Å². The van der Waals surface area contributed by atoms with Gasteiger partial charge in [0.05, 0.1) is 27.4 Å². The van der Waals surface area contributed by atoms with Crippen LogP contribution in [0.5, 0.6) is 0 Å². The Bertz CT molecular complexity index is 1760. The van der Waals surface area contributed by atoms with Crippen LogP contribution in [0, 0.1) is 6.92 Å².